The van der Waals surface area contributed by atoms with E-state index < -0.39 is 0 Å². The zero-order chi connectivity index (χ0) is 30.8. The summed E-state index contributed by atoms with van der Waals surface area (Å²) >= 11 is 5.34. The van der Waals surface area contributed by atoms with Crippen LogP contribution in [-0.4, -0.2) is 31.8 Å². The van der Waals surface area contributed by atoms with Crippen molar-refractivity contribution in [1.29, 1.82) is 0 Å². The minimum Gasteiger partial charge on any atom is -0.334 e. The van der Waals surface area contributed by atoms with Gasteiger partial charge in [0, 0.05) is 27.8 Å². The van der Waals surface area contributed by atoms with E-state index in [0.717, 1.165) is 39.6 Å². The van der Waals surface area contributed by atoms with Crippen molar-refractivity contribution >= 4 is 78.8 Å². The number of nitrogens with one attached hydrogen (secondary N) is 4. The molecule has 14 heteroatoms. The minimum atomic E-state index is -0.206. The number of nitrogens with zero attached hydrogens (tertiary/aromatic N) is 4. The third-order valence-corrected chi connectivity index (χ3v) is 10.1. The van der Waals surface area contributed by atoms with Gasteiger partial charge in [-0.25, -0.2) is 9.97 Å². The fourth-order valence-corrected chi connectivity index (χ4v) is 7.43. The van der Waals surface area contributed by atoms with Gasteiger partial charge in [-0.2, -0.15) is 9.98 Å². The Labute approximate surface area is 268 Å². The quantitative estimate of drug-likeness (QED) is 0.143. The second kappa shape index (κ2) is 12.6. The number of thiazole rings is 4. The Morgan fingerprint density at radius 1 is 0.705 bits per heavy atom. The summed E-state index contributed by atoms with van der Waals surface area (Å²) in [4.78, 5) is 53.0. The predicted molar refractivity (Wildman–Crippen MR) is 179 cm³/mol. The molecule has 2 aromatic carbocycles. The summed E-state index contributed by atoms with van der Waals surface area (Å²) in [7, 11) is 0. The molecule has 2 amide bonds. The number of anilines is 2. The van der Waals surface area contributed by atoms with Crippen molar-refractivity contribution in [3.05, 3.63) is 101 Å². The summed E-state index contributed by atoms with van der Waals surface area (Å²) in [5.74, 6) is -0.388. The Hall–Kier alpha value is -4.50. The molecule has 222 valence electrons. The van der Waals surface area contributed by atoms with Crippen LogP contribution in [0.3, 0.4) is 0 Å². The molecule has 0 atom stereocenters. The molecule has 0 saturated carbocycles. The SMILES string of the molecule is Cc1ccccc1NC(=O)c1sc(/N=c2\[nH]c(-c3csc(/N=c4\[nH]c(C)c(C(=O)Nc5ccccc5C)s4)n3)cs2)nc1C. The maximum absolute atomic E-state index is 12.9. The molecule has 0 spiro atoms. The average molecular weight is 659 g/mol. The Bertz CT molecular complexity index is 2140. The number of carbonyl (C=O) groups is 2. The Balaban J connectivity index is 1.17. The summed E-state index contributed by atoms with van der Waals surface area (Å²) in [5.41, 5.74) is 6.41. The standard InChI is InChI=1S/C30H26N8O2S4/c1-15-9-5-7-11-19(15)33-25(39)23-17(3)31-29(43-23)37-27-35-21(13-41-27)22-14-42-28(36-22)38-30-32-18(4)24(44-30)26(40)34-20-12-8-6-10-16(20)2/h5-14H,1-4H3,(H,33,39)(H,34,40)(H,31,35,37)(H,32,36,38). The third kappa shape index (κ3) is 6.53. The molecule has 10 nitrogen and oxygen atoms in total. The van der Waals surface area contributed by atoms with E-state index >= 15 is 0 Å². The van der Waals surface area contributed by atoms with Gasteiger partial charge in [-0.3, -0.25) is 9.59 Å². The van der Waals surface area contributed by atoms with E-state index in [1.54, 1.807) is 6.92 Å². The second-order valence-corrected chi connectivity index (χ2v) is 13.4. The number of hydrogen-bond acceptors (Lipinski definition) is 10. The smallest absolute Gasteiger partial charge is 0.267 e. The van der Waals surface area contributed by atoms with Gasteiger partial charge >= 0.3 is 0 Å². The van der Waals surface area contributed by atoms with Gasteiger partial charge in [-0.15, -0.1) is 22.7 Å². The highest BCUT2D eigenvalue weighted by Crippen LogP contribution is 2.28. The minimum absolute atomic E-state index is 0.182. The zero-order valence-electron chi connectivity index (χ0n) is 24.0. The number of carbonyl (C=O) groups excluding carboxylic acids is 2. The van der Waals surface area contributed by atoms with Crippen LogP contribution in [0.5, 0.6) is 0 Å². The number of aromatic amines is 2. The van der Waals surface area contributed by atoms with Crippen molar-refractivity contribution in [2.24, 2.45) is 9.98 Å². The highest BCUT2D eigenvalue weighted by molar-refractivity contribution is 7.17. The zero-order valence-corrected chi connectivity index (χ0v) is 27.3. The summed E-state index contributed by atoms with van der Waals surface area (Å²) < 4.78 is 0. The summed E-state index contributed by atoms with van der Waals surface area (Å²) in [6, 6.07) is 15.3. The maximum Gasteiger partial charge on any atom is 0.267 e. The van der Waals surface area contributed by atoms with Crippen LogP contribution in [-0.2, 0) is 0 Å². The molecule has 6 rings (SSSR count). The van der Waals surface area contributed by atoms with Gasteiger partial charge in [0.25, 0.3) is 11.8 Å². The van der Waals surface area contributed by atoms with E-state index in [-0.39, 0.29) is 11.8 Å². The number of hydrogen-bond donors (Lipinski definition) is 4. The fraction of sp³-hybridized carbons (Fsp3) is 0.133. The van der Waals surface area contributed by atoms with Crippen molar-refractivity contribution in [2.75, 3.05) is 10.6 Å². The predicted octanol–water partition coefficient (Wildman–Crippen LogP) is 7.25. The van der Waals surface area contributed by atoms with Crippen molar-refractivity contribution in [3.8, 4) is 11.4 Å². The summed E-state index contributed by atoms with van der Waals surface area (Å²) in [6.07, 6.45) is 0. The van der Waals surface area contributed by atoms with Crippen LogP contribution in [0.1, 0.15) is 41.9 Å². The monoisotopic (exact) mass is 658 g/mol. The van der Waals surface area contributed by atoms with Gasteiger partial charge in [0.05, 0.1) is 11.4 Å². The number of para-hydroxylation sites is 2. The molecule has 44 heavy (non-hydrogen) atoms. The largest absolute Gasteiger partial charge is 0.334 e. The first kappa shape index (κ1) is 29.6. The van der Waals surface area contributed by atoms with Crippen molar-refractivity contribution in [1.82, 2.24) is 19.9 Å². The molecular weight excluding hydrogens is 633 g/mol. The molecule has 0 saturated heterocycles. The topological polar surface area (TPSA) is 140 Å². The van der Waals surface area contributed by atoms with E-state index in [9.17, 15) is 9.59 Å². The van der Waals surface area contributed by atoms with E-state index in [0.29, 0.717) is 35.3 Å². The van der Waals surface area contributed by atoms with E-state index in [2.05, 4.69) is 40.6 Å². The summed E-state index contributed by atoms with van der Waals surface area (Å²) in [6.45, 7) is 7.56. The first-order chi connectivity index (χ1) is 21.2. The van der Waals surface area contributed by atoms with Crippen LogP contribution in [0.4, 0.5) is 21.6 Å². The molecule has 0 radical (unpaired) electrons. The molecular formula is C30H26N8O2S4. The molecule has 4 N–H and O–H groups in total. The average Bonchev–Trinajstić information content (AvgIpc) is 3.79. The van der Waals surface area contributed by atoms with Crippen molar-refractivity contribution < 1.29 is 9.59 Å². The molecule has 4 heterocycles. The number of benzene rings is 2. The van der Waals surface area contributed by atoms with Crippen LogP contribution in [0.15, 0.2) is 69.3 Å². The number of H-pyrrole nitrogens is 2. The number of aryl methyl sites for hydroxylation is 4. The first-order valence-electron chi connectivity index (χ1n) is 13.4. The fourth-order valence-electron chi connectivity index (χ4n) is 4.19. The van der Waals surface area contributed by atoms with Crippen molar-refractivity contribution in [2.45, 2.75) is 27.7 Å². The Kier molecular flexibility index (Phi) is 8.48. The molecule has 4 aromatic heterocycles. The van der Waals surface area contributed by atoms with Gasteiger partial charge < -0.3 is 20.6 Å². The second-order valence-electron chi connectivity index (χ2n) is 9.75. The van der Waals surface area contributed by atoms with Crippen LogP contribution in [0.2, 0.25) is 0 Å². The van der Waals surface area contributed by atoms with Gasteiger partial charge in [0.2, 0.25) is 10.3 Å². The number of aromatic nitrogens is 4. The molecule has 6 aromatic rings. The van der Waals surface area contributed by atoms with E-state index in [4.69, 9.17) is 0 Å². The van der Waals surface area contributed by atoms with Crippen LogP contribution < -0.4 is 20.2 Å². The van der Waals surface area contributed by atoms with Crippen molar-refractivity contribution in [3.63, 3.8) is 0 Å². The molecule has 0 bridgehead atoms. The number of amides is 2. The molecule has 0 unspecified atom stereocenters. The molecule has 0 aliphatic rings. The lowest BCUT2D eigenvalue weighted by Crippen LogP contribution is -2.12. The summed E-state index contributed by atoms with van der Waals surface area (Å²) in [5, 5.41) is 10.8. The van der Waals surface area contributed by atoms with Gasteiger partial charge in [-0.1, -0.05) is 59.1 Å². The Morgan fingerprint density at radius 3 is 2.02 bits per heavy atom. The lowest BCUT2D eigenvalue weighted by Gasteiger charge is -2.06. The third-order valence-electron chi connectivity index (χ3n) is 6.51. The van der Waals surface area contributed by atoms with Crippen LogP contribution >= 0.6 is 45.3 Å². The first-order valence-corrected chi connectivity index (χ1v) is 16.8. The normalized spacial score (nSPS) is 12.1. The molecule has 0 aliphatic carbocycles. The lowest BCUT2D eigenvalue weighted by molar-refractivity contribution is 0.102. The lowest BCUT2D eigenvalue weighted by atomic mass is 10.2. The van der Waals surface area contributed by atoms with Crippen LogP contribution in [0, 0.1) is 27.7 Å². The molecule has 0 aliphatic heterocycles. The maximum atomic E-state index is 12.9. The van der Waals surface area contributed by atoms with Crippen LogP contribution in [0.25, 0.3) is 11.4 Å². The van der Waals surface area contributed by atoms with Gasteiger partial charge in [0.1, 0.15) is 15.4 Å². The number of rotatable bonds is 7. The van der Waals surface area contributed by atoms with E-state index in [1.807, 2.05) is 80.1 Å². The van der Waals surface area contributed by atoms with Gasteiger partial charge in [0.15, 0.2) is 9.60 Å². The highest BCUT2D eigenvalue weighted by Gasteiger charge is 2.17. The van der Waals surface area contributed by atoms with Gasteiger partial charge in [-0.05, 0) is 51.0 Å². The highest BCUT2D eigenvalue weighted by atomic mass is 32.1. The molecule has 0 fully saturated rings. The van der Waals surface area contributed by atoms with E-state index in [1.165, 1.54) is 45.3 Å². The Morgan fingerprint density at radius 2 is 1.34 bits per heavy atom.